The van der Waals surface area contributed by atoms with Crippen molar-refractivity contribution in [2.45, 2.75) is 51.7 Å². The van der Waals surface area contributed by atoms with Crippen molar-refractivity contribution in [2.24, 2.45) is 5.73 Å². The number of hydrogen-bond acceptors (Lipinski definition) is 4. The minimum atomic E-state index is 0.504. The van der Waals surface area contributed by atoms with Crippen molar-refractivity contribution in [2.75, 3.05) is 6.54 Å². The molecule has 1 aliphatic rings. The monoisotopic (exact) mass is 273 g/mol. The highest BCUT2D eigenvalue weighted by Crippen LogP contribution is 2.22. The van der Waals surface area contributed by atoms with E-state index in [4.69, 9.17) is 5.73 Å². The van der Waals surface area contributed by atoms with Crippen LogP contribution in [0.25, 0.3) is 5.65 Å². The second kappa shape index (κ2) is 5.50. The van der Waals surface area contributed by atoms with Gasteiger partial charge in [-0.1, -0.05) is 6.07 Å². The Morgan fingerprint density at radius 2 is 2.30 bits per heavy atom. The number of fused-ring (bicyclic) bond motifs is 1. The lowest BCUT2D eigenvalue weighted by Crippen LogP contribution is -2.36. The highest BCUT2D eigenvalue weighted by atomic mass is 15.3. The van der Waals surface area contributed by atoms with Crippen molar-refractivity contribution in [1.82, 2.24) is 19.5 Å². The molecule has 1 unspecified atom stereocenters. The maximum Gasteiger partial charge on any atom is 0.160 e. The Balaban J connectivity index is 1.84. The van der Waals surface area contributed by atoms with E-state index in [9.17, 15) is 0 Å². The highest BCUT2D eigenvalue weighted by molar-refractivity contribution is 5.46. The number of hydrogen-bond donors (Lipinski definition) is 1. The van der Waals surface area contributed by atoms with Gasteiger partial charge in [-0.25, -0.2) is 9.50 Å². The Hall–Kier alpha value is -1.46. The minimum absolute atomic E-state index is 0.504. The van der Waals surface area contributed by atoms with Crippen molar-refractivity contribution in [3.8, 4) is 0 Å². The number of pyridine rings is 1. The van der Waals surface area contributed by atoms with Gasteiger partial charge in [-0.2, -0.15) is 5.10 Å². The average molecular weight is 273 g/mol. The zero-order valence-electron chi connectivity index (χ0n) is 12.3. The molecule has 108 valence electrons. The van der Waals surface area contributed by atoms with Gasteiger partial charge in [-0.05, 0) is 39.3 Å². The smallest absolute Gasteiger partial charge is 0.160 e. The molecule has 1 fully saturated rings. The van der Waals surface area contributed by atoms with Crippen LogP contribution in [0.1, 0.15) is 38.1 Å². The van der Waals surface area contributed by atoms with Gasteiger partial charge in [0.1, 0.15) is 0 Å². The maximum absolute atomic E-state index is 5.76. The number of aromatic nitrogens is 3. The Bertz CT molecular complexity index is 589. The fourth-order valence-corrected chi connectivity index (χ4v) is 3.22. The fourth-order valence-electron chi connectivity index (χ4n) is 3.22. The van der Waals surface area contributed by atoms with Gasteiger partial charge < -0.3 is 5.73 Å². The quantitative estimate of drug-likeness (QED) is 0.919. The van der Waals surface area contributed by atoms with Gasteiger partial charge in [-0.15, -0.1) is 0 Å². The van der Waals surface area contributed by atoms with Gasteiger partial charge >= 0.3 is 0 Å². The van der Waals surface area contributed by atoms with Gasteiger partial charge in [0.2, 0.25) is 0 Å². The Kier molecular flexibility index (Phi) is 3.72. The SMILES string of the molecule is CC(C)N1CCCC1Cc1nc2c(CN)cccn2n1. The molecule has 2 aromatic rings. The Morgan fingerprint density at radius 3 is 3.05 bits per heavy atom. The molecule has 5 heteroatoms. The standard InChI is InChI=1S/C15H23N5/c1-11(2)19-7-4-6-13(19)9-14-17-15-12(10-16)5-3-8-20(15)18-14/h3,5,8,11,13H,4,6-7,9-10,16H2,1-2H3. The van der Waals surface area contributed by atoms with Crippen LogP contribution in [0.4, 0.5) is 0 Å². The molecule has 1 saturated heterocycles. The summed E-state index contributed by atoms with van der Waals surface area (Å²) in [5.74, 6) is 0.934. The molecular formula is C15H23N5. The first kappa shape index (κ1) is 13.5. The molecule has 0 spiro atoms. The maximum atomic E-state index is 5.76. The van der Waals surface area contributed by atoms with E-state index >= 15 is 0 Å². The van der Waals surface area contributed by atoms with E-state index in [1.54, 1.807) is 0 Å². The summed E-state index contributed by atoms with van der Waals surface area (Å²) in [4.78, 5) is 7.25. The second-order valence-electron chi connectivity index (χ2n) is 5.87. The van der Waals surface area contributed by atoms with E-state index in [0.29, 0.717) is 18.6 Å². The zero-order chi connectivity index (χ0) is 14.1. The van der Waals surface area contributed by atoms with Crippen LogP contribution in [0.2, 0.25) is 0 Å². The van der Waals surface area contributed by atoms with E-state index < -0.39 is 0 Å². The van der Waals surface area contributed by atoms with Crippen LogP contribution in [0, 0.1) is 0 Å². The number of rotatable bonds is 4. The van der Waals surface area contributed by atoms with Crippen LogP contribution in [-0.2, 0) is 13.0 Å². The normalized spacial score (nSPS) is 20.3. The van der Waals surface area contributed by atoms with Crippen molar-refractivity contribution >= 4 is 5.65 Å². The summed E-state index contributed by atoms with van der Waals surface area (Å²) in [5, 5.41) is 4.60. The first-order chi connectivity index (χ1) is 9.69. The van der Waals surface area contributed by atoms with E-state index in [1.165, 1.54) is 19.4 Å². The van der Waals surface area contributed by atoms with Crippen LogP contribution < -0.4 is 5.73 Å². The molecule has 0 amide bonds. The van der Waals surface area contributed by atoms with Crippen molar-refractivity contribution in [1.29, 1.82) is 0 Å². The summed E-state index contributed by atoms with van der Waals surface area (Å²) in [5.41, 5.74) is 7.72. The fraction of sp³-hybridized carbons (Fsp3) is 0.600. The van der Waals surface area contributed by atoms with Crippen molar-refractivity contribution < 1.29 is 0 Å². The lowest BCUT2D eigenvalue weighted by atomic mass is 10.1. The Morgan fingerprint density at radius 1 is 1.45 bits per heavy atom. The molecule has 0 aromatic carbocycles. The third-order valence-corrected chi connectivity index (χ3v) is 4.21. The van der Waals surface area contributed by atoms with Crippen LogP contribution in [0.3, 0.4) is 0 Å². The topological polar surface area (TPSA) is 59.5 Å². The average Bonchev–Trinajstić information content (AvgIpc) is 3.04. The van der Waals surface area contributed by atoms with Gasteiger partial charge in [0.25, 0.3) is 0 Å². The largest absolute Gasteiger partial charge is 0.326 e. The van der Waals surface area contributed by atoms with Gasteiger partial charge in [0.15, 0.2) is 11.5 Å². The third-order valence-electron chi connectivity index (χ3n) is 4.21. The Labute approximate surface area is 119 Å². The van der Waals surface area contributed by atoms with E-state index in [-0.39, 0.29) is 0 Å². The number of likely N-dealkylation sites (tertiary alicyclic amines) is 1. The molecule has 0 bridgehead atoms. The molecule has 20 heavy (non-hydrogen) atoms. The number of nitrogens with two attached hydrogens (primary N) is 1. The number of nitrogens with zero attached hydrogens (tertiary/aromatic N) is 4. The molecule has 0 saturated carbocycles. The van der Waals surface area contributed by atoms with E-state index in [0.717, 1.165) is 23.5 Å². The van der Waals surface area contributed by atoms with Gasteiger partial charge in [0.05, 0.1) is 0 Å². The molecule has 5 nitrogen and oxygen atoms in total. The summed E-state index contributed by atoms with van der Waals surface area (Å²) in [6.45, 7) is 6.23. The third kappa shape index (κ3) is 2.43. The predicted molar refractivity (Wildman–Crippen MR) is 79.4 cm³/mol. The summed E-state index contributed by atoms with van der Waals surface area (Å²) < 4.78 is 1.85. The van der Waals surface area contributed by atoms with Crippen LogP contribution in [0.5, 0.6) is 0 Å². The summed E-state index contributed by atoms with van der Waals surface area (Å²) in [6.07, 6.45) is 5.41. The molecule has 2 aromatic heterocycles. The van der Waals surface area contributed by atoms with Crippen molar-refractivity contribution in [3.63, 3.8) is 0 Å². The minimum Gasteiger partial charge on any atom is -0.326 e. The molecule has 3 rings (SSSR count). The van der Waals surface area contributed by atoms with Gasteiger partial charge in [0, 0.05) is 36.8 Å². The lowest BCUT2D eigenvalue weighted by Gasteiger charge is -2.27. The summed E-state index contributed by atoms with van der Waals surface area (Å²) >= 11 is 0. The zero-order valence-corrected chi connectivity index (χ0v) is 12.3. The van der Waals surface area contributed by atoms with Gasteiger partial charge in [-0.3, -0.25) is 4.90 Å². The first-order valence-electron chi connectivity index (χ1n) is 7.48. The van der Waals surface area contributed by atoms with Crippen molar-refractivity contribution in [3.05, 3.63) is 29.7 Å². The molecule has 1 aliphatic heterocycles. The summed E-state index contributed by atoms with van der Waals surface area (Å²) in [7, 11) is 0. The predicted octanol–water partition coefficient (Wildman–Crippen LogP) is 1.60. The molecule has 0 aliphatic carbocycles. The molecule has 2 N–H and O–H groups in total. The van der Waals surface area contributed by atoms with Crippen LogP contribution in [0.15, 0.2) is 18.3 Å². The lowest BCUT2D eigenvalue weighted by molar-refractivity contribution is 0.201. The van der Waals surface area contributed by atoms with Crippen LogP contribution >= 0.6 is 0 Å². The second-order valence-corrected chi connectivity index (χ2v) is 5.87. The molecule has 0 radical (unpaired) electrons. The molecule has 3 heterocycles. The molecular weight excluding hydrogens is 250 g/mol. The van der Waals surface area contributed by atoms with E-state index in [2.05, 4.69) is 28.8 Å². The van der Waals surface area contributed by atoms with Crippen LogP contribution in [-0.4, -0.2) is 38.1 Å². The summed E-state index contributed by atoms with van der Waals surface area (Å²) in [6, 6.07) is 5.17. The highest BCUT2D eigenvalue weighted by Gasteiger charge is 2.27. The van der Waals surface area contributed by atoms with E-state index in [1.807, 2.05) is 22.8 Å². The molecule has 1 atom stereocenters. The first-order valence-corrected chi connectivity index (χ1v) is 7.48.